The minimum Gasteiger partial charge on any atom is -0.365 e. The van der Waals surface area contributed by atoms with Crippen LogP contribution in [0.5, 0.6) is 0 Å². The zero-order chi connectivity index (χ0) is 6.57. The van der Waals surface area contributed by atoms with Gasteiger partial charge in [0.1, 0.15) is 0 Å². The van der Waals surface area contributed by atoms with Crippen molar-refractivity contribution in [1.29, 1.82) is 0 Å². The molecule has 0 rings (SSSR count). The fraction of sp³-hybridized carbons (Fsp3) is 0. The molecule has 0 heterocycles. The predicted octanol–water partition coefficient (Wildman–Crippen LogP) is -2.18. The van der Waals surface area contributed by atoms with Gasteiger partial charge in [-0.3, -0.25) is 0 Å². The molecule has 0 saturated heterocycles. The number of carbonyl (C=O) groups is 2. The summed E-state index contributed by atoms with van der Waals surface area (Å²) in [6.07, 6.45) is 0. The second-order valence-electron chi connectivity index (χ2n) is 0.811. The summed E-state index contributed by atoms with van der Waals surface area (Å²) < 4.78 is 0. The Labute approximate surface area is 64.6 Å². The Morgan fingerprint density at radius 3 is 1.33 bits per heavy atom. The maximum Gasteiger partial charge on any atom is 0.437 e. The number of nitrogens with two attached hydrogens (primary N) is 2. The van der Waals surface area contributed by atoms with Crippen LogP contribution in [0.2, 0.25) is 0 Å². The van der Waals surface area contributed by atoms with Crippen LogP contribution >= 0.6 is 0 Å². The molecular formula is C2H4N2O4Pt. The van der Waals surface area contributed by atoms with Crippen LogP contribution in [-0.4, -0.2) is 11.9 Å². The summed E-state index contributed by atoms with van der Waals surface area (Å²) in [5.41, 5.74) is 0. The van der Waals surface area contributed by atoms with Gasteiger partial charge in [0, 0.05) is 21.1 Å². The van der Waals surface area contributed by atoms with Crippen molar-refractivity contribution in [2.45, 2.75) is 0 Å². The van der Waals surface area contributed by atoms with Crippen LogP contribution in [0, 0.1) is 0 Å². The fourth-order valence-corrected chi connectivity index (χ4v) is 0.0962. The molecule has 0 aliphatic heterocycles. The van der Waals surface area contributed by atoms with Crippen molar-refractivity contribution in [2.24, 2.45) is 11.8 Å². The maximum absolute atomic E-state index is 9.84. The van der Waals surface area contributed by atoms with Gasteiger partial charge in [0.2, 0.25) is 0 Å². The van der Waals surface area contributed by atoms with Gasteiger partial charge in [0.05, 0.1) is 0 Å². The molecule has 0 saturated carbocycles. The minimum atomic E-state index is -1.33. The van der Waals surface area contributed by atoms with Crippen LogP contribution in [0.4, 0.5) is 0 Å². The Morgan fingerprint density at radius 1 is 1.00 bits per heavy atom. The van der Waals surface area contributed by atoms with E-state index in [0.29, 0.717) is 0 Å². The number of carbonyl (C=O) groups excluding carboxylic acids is 2. The zero-order valence-corrected chi connectivity index (χ0v) is 6.38. The van der Waals surface area contributed by atoms with Crippen molar-refractivity contribution in [3.05, 3.63) is 0 Å². The minimum absolute atomic E-state index is 0. The third kappa shape index (κ3) is 4.08. The summed E-state index contributed by atoms with van der Waals surface area (Å²) >= 11 is 0. The van der Waals surface area contributed by atoms with E-state index in [9.17, 15) is 9.59 Å². The summed E-state index contributed by atoms with van der Waals surface area (Å²) in [5.74, 6) is 5.83. The van der Waals surface area contributed by atoms with Crippen molar-refractivity contribution >= 4 is 11.9 Å². The third-order valence-corrected chi connectivity index (χ3v) is 0.381. The Hall–Kier alpha value is -0.452. The first-order chi connectivity index (χ1) is 3.72. The molecule has 0 bridgehead atoms. The summed E-state index contributed by atoms with van der Waals surface area (Å²) in [6, 6.07) is 0. The molecule has 0 aromatic heterocycles. The van der Waals surface area contributed by atoms with E-state index in [2.05, 4.69) is 21.5 Å². The van der Waals surface area contributed by atoms with Crippen LogP contribution in [0.1, 0.15) is 0 Å². The Morgan fingerprint density at radius 2 is 1.22 bits per heavy atom. The number of hydrogen-bond acceptors (Lipinski definition) is 6. The molecule has 0 unspecified atom stereocenters. The van der Waals surface area contributed by atoms with Gasteiger partial charge >= 0.3 is 11.9 Å². The van der Waals surface area contributed by atoms with Gasteiger partial charge in [-0.15, -0.1) is 0 Å². The standard InChI is InChI=1S/C2H4N2O4.Pt/c3-7-1(5)2(6)8-4;/h3-4H2;. The first kappa shape index (κ1) is 11.4. The molecule has 0 atom stereocenters. The van der Waals surface area contributed by atoms with E-state index in [-0.39, 0.29) is 21.1 Å². The van der Waals surface area contributed by atoms with E-state index in [4.69, 9.17) is 0 Å². The van der Waals surface area contributed by atoms with Crippen LogP contribution < -0.4 is 11.8 Å². The molecule has 0 radical (unpaired) electrons. The topological polar surface area (TPSA) is 105 Å². The average molecular weight is 315 g/mol. The second-order valence-corrected chi connectivity index (χ2v) is 0.811. The van der Waals surface area contributed by atoms with Gasteiger partial charge < -0.3 is 9.68 Å². The maximum atomic E-state index is 9.84. The quantitative estimate of drug-likeness (QED) is 0.389. The van der Waals surface area contributed by atoms with Gasteiger partial charge in [-0.2, -0.15) is 11.8 Å². The van der Waals surface area contributed by atoms with Crippen molar-refractivity contribution < 1.29 is 40.3 Å². The van der Waals surface area contributed by atoms with Crippen LogP contribution in [0.15, 0.2) is 0 Å². The molecule has 0 aromatic rings. The Bertz CT molecular complexity index is 101. The van der Waals surface area contributed by atoms with Gasteiger partial charge in [0.25, 0.3) is 0 Å². The molecule has 0 aliphatic carbocycles. The first-order valence-corrected chi connectivity index (χ1v) is 1.54. The summed E-state index contributed by atoms with van der Waals surface area (Å²) in [7, 11) is 0. The SMILES string of the molecule is NOC(=O)C(=O)ON.[Pt]. The van der Waals surface area contributed by atoms with Crippen molar-refractivity contribution in [3.8, 4) is 0 Å². The molecular weight excluding hydrogens is 311 g/mol. The van der Waals surface area contributed by atoms with Crippen LogP contribution in [-0.2, 0) is 40.3 Å². The molecule has 6 nitrogen and oxygen atoms in total. The largest absolute Gasteiger partial charge is 0.437 e. The molecule has 0 spiro atoms. The number of hydrogen-bond donors (Lipinski definition) is 2. The molecule has 0 aromatic carbocycles. The average Bonchev–Trinajstić information content (AvgIpc) is 1.84. The van der Waals surface area contributed by atoms with E-state index in [1.807, 2.05) is 0 Å². The molecule has 4 N–H and O–H groups in total. The van der Waals surface area contributed by atoms with Gasteiger partial charge in [-0.05, 0) is 0 Å². The smallest absolute Gasteiger partial charge is 0.365 e. The Kier molecular flexibility index (Phi) is 7.17. The summed E-state index contributed by atoms with van der Waals surface area (Å²) in [6.45, 7) is 0. The zero-order valence-electron chi connectivity index (χ0n) is 4.10. The predicted molar refractivity (Wildman–Crippen MR) is 20.6 cm³/mol. The molecule has 9 heavy (non-hydrogen) atoms. The Balaban J connectivity index is 0. The molecule has 0 fully saturated rings. The summed E-state index contributed by atoms with van der Waals surface area (Å²) in [5, 5.41) is 0. The van der Waals surface area contributed by atoms with Crippen molar-refractivity contribution in [1.82, 2.24) is 0 Å². The molecule has 7 heteroatoms. The van der Waals surface area contributed by atoms with E-state index in [1.165, 1.54) is 0 Å². The van der Waals surface area contributed by atoms with E-state index >= 15 is 0 Å². The van der Waals surface area contributed by atoms with E-state index < -0.39 is 11.9 Å². The van der Waals surface area contributed by atoms with Crippen molar-refractivity contribution in [2.75, 3.05) is 0 Å². The molecule has 56 valence electrons. The van der Waals surface area contributed by atoms with Crippen molar-refractivity contribution in [3.63, 3.8) is 0 Å². The number of rotatable bonds is 0. The van der Waals surface area contributed by atoms with Crippen LogP contribution in [0.25, 0.3) is 0 Å². The van der Waals surface area contributed by atoms with Gasteiger partial charge in [0.15, 0.2) is 0 Å². The summed E-state index contributed by atoms with van der Waals surface area (Å²) in [4.78, 5) is 26.5. The normalized spacial score (nSPS) is 6.89. The first-order valence-electron chi connectivity index (χ1n) is 1.54. The van der Waals surface area contributed by atoms with E-state index in [1.54, 1.807) is 0 Å². The fourth-order valence-electron chi connectivity index (χ4n) is 0.0962. The monoisotopic (exact) mass is 315 g/mol. The van der Waals surface area contributed by atoms with Gasteiger partial charge in [-0.1, -0.05) is 0 Å². The second kappa shape index (κ2) is 5.68. The molecule has 0 aliphatic rings. The van der Waals surface area contributed by atoms with Gasteiger partial charge in [-0.25, -0.2) is 9.59 Å². The third-order valence-electron chi connectivity index (χ3n) is 0.381. The van der Waals surface area contributed by atoms with Crippen LogP contribution in [0.3, 0.4) is 0 Å². The molecule has 0 amide bonds. The van der Waals surface area contributed by atoms with E-state index in [0.717, 1.165) is 0 Å².